The van der Waals surface area contributed by atoms with Crippen molar-refractivity contribution in [1.82, 2.24) is 10.2 Å². The van der Waals surface area contributed by atoms with Gasteiger partial charge in [-0.2, -0.15) is 0 Å². The van der Waals surface area contributed by atoms with E-state index in [4.69, 9.17) is 9.15 Å². The molecule has 1 aromatic heterocycles. The zero-order valence-electron chi connectivity index (χ0n) is 11.6. The summed E-state index contributed by atoms with van der Waals surface area (Å²) in [6, 6.07) is 4.76. The largest absolute Gasteiger partial charge is 0.462 e. The van der Waals surface area contributed by atoms with Crippen molar-refractivity contribution >= 4 is 0 Å². The van der Waals surface area contributed by atoms with E-state index in [-0.39, 0.29) is 6.10 Å². The zero-order valence-corrected chi connectivity index (χ0v) is 11.6. The number of hydrogen-bond donors (Lipinski definition) is 1. The van der Waals surface area contributed by atoms with Gasteiger partial charge in [-0.1, -0.05) is 0 Å². The maximum absolute atomic E-state index is 5.73. The second-order valence-corrected chi connectivity index (χ2v) is 5.41. The van der Waals surface area contributed by atoms with Crippen LogP contribution in [0, 0.1) is 0 Å². The van der Waals surface area contributed by atoms with Crippen molar-refractivity contribution in [1.29, 1.82) is 0 Å². The summed E-state index contributed by atoms with van der Waals surface area (Å²) in [7, 11) is 4.10. The Morgan fingerprint density at radius 1 is 1.39 bits per heavy atom. The molecule has 0 saturated heterocycles. The van der Waals surface area contributed by atoms with Crippen LogP contribution in [0.2, 0.25) is 0 Å². The Kier molecular flexibility index (Phi) is 4.80. The molecule has 0 spiro atoms. The Morgan fingerprint density at radius 3 is 2.78 bits per heavy atom. The SMILES string of the molecule is CC(CN(C)C)OCc1ccc(CNC2CC2)o1. The van der Waals surface area contributed by atoms with Crippen LogP contribution >= 0.6 is 0 Å². The molecule has 0 aromatic carbocycles. The Morgan fingerprint density at radius 2 is 2.11 bits per heavy atom. The predicted octanol–water partition coefficient (Wildman–Crippen LogP) is 2.00. The van der Waals surface area contributed by atoms with Crippen LogP contribution in [0.4, 0.5) is 0 Å². The van der Waals surface area contributed by atoms with E-state index in [0.29, 0.717) is 6.61 Å². The highest BCUT2D eigenvalue weighted by molar-refractivity contribution is 5.06. The van der Waals surface area contributed by atoms with E-state index < -0.39 is 0 Å². The summed E-state index contributed by atoms with van der Waals surface area (Å²) in [5, 5.41) is 3.44. The molecule has 1 aliphatic carbocycles. The van der Waals surface area contributed by atoms with Crippen molar-refractivity contribution in [3.8, 4) is 0 Å². The second kappa shape index (κ2) is 6.36. The topological polar surface area (TPSA) is 37.6 Å². The lowest BCUT2D eigenvalue weighted by atomic mass is 10.4. The van der Waals surface area contributed by atoms with Gasteiger partial charge in [0.05, 0.1) is 12.6 Å². The van der Waals surface area contributed by atoms with Crippen molar-refractivity contribution < 1.29 is 9.15 Å². The second-order valence-electron chi connectivity index (χ2n) is 5.41. The Bertz CT molecular complexity index is 358. The van der Waals surface area contributed by atoms with Crippen LogP contribution in [0.3, 0.4) is 0 Å². The minimum absolute atomic E-state index is 0.220. The molecule has 102 valence electrons. The molecule has 4 heteroatoms. The van der Waals surface area contributed by atoms with Crippen molar-refractivity contribution in [2.24, 2.45) is 0 Å². The summed E-state index contributed by atoms with van der Waals surface area (Å²) in [6.45, 7) is 4.39. The van der Waals surface area contributed by atoms with Crippen molar-refractivity contribution in [3.63, 3.8) is 0 Å². The number of ether oxygens (including phenoxy) is 1. The lowest BCUT2D eigenvalue weighted by Gasteiger charge is -2.16. The van der Waals surface area contributed by atoms with Crippen LogP contribution in [0.1, 0.15) is 31.3 Å². The van der Waals surface area contributed by atoms with E-state index in [0.717, 1.165) is 30.7 Å². The van der Waals surface area contributed by atoms with E-state index in [1.165, 1.54) is 12.8 Å². The molecular formula is C14H24N2O2. The maximum atomic E-state index is 5.73. The molecule has 0 radical (unpaired) electrons. The molecule has 1 fully saturated rings. The molecule has 1 aliphatic rings. The molecule has 1 atom stereocenters. The zero-order chi connectivity index (χ0) is 13.0. The highest BCUT2D eigenvalue weighted by atomic mass is 16.5. The van der Waals surface area contributed by atoms with E-state index >= 15 is 0 Å². The molecule has 4 nitrogen and oxygen atoms in total. The normalized spacial score (nSPS) is 17.3. The number of hydrogen-bond acceptors (Lipinski definition) is 4. The quantitative estimate of drug-likeness (QED) is 0.768. The van der Waals surface area contributed by atoms with Crippen LogP contribution in [0.5, 0.6) is 0 Å². The van der Waals surface area contributed by atoms with Crippen LogP contribution in [-0.2, 0) is 17.9 Å². The summed E-state index contributed by atoms with van der Waals surface area (Å²) in [5.41, 5.74) is 0. The van der Waals surface area contributed by atoms with Crippen LogP contribution in [-0.4, -0.2) is 37.7 Å². The van der Waals surface area contributed by atoms with Gasteiger partial charge in [-0.05, 0) is 46.0 Å². The van der Waals surface area contributed by atoms with E-state index in [1.54, 1.807) is 0 Å². The van der Waals surface area contributed by atoms with Gasteiger partial charge in [0.15, 0.2) is 0 Å². The molecule has 0 aliphatic heterocycles. The van der Waals surface area contributed by atoms with Gasteiger partial charge in [-0.3, -0.25) is 0 Å². The molecule has 0 amide bonds. The third kappa shape index (κ3) is 4.80. The number of likely N-dealkylation sites (N-methyl/N-ethyl adjacent to an activating group) is 1. The fraction of sp³-hybridized carbons (Fsp3) is 0.714. The van der Waals surface area contributed by atoms with Gasteiger partial charge in [0, 0.05) is 12.6 Å². The lowest BCUT2D eigenvalue weighted by Crippen LogP contribution is -2.25. The first-order valence-electron chi connectivity index (χ1n) is 6.71. The fourth-order valence-corrected chi connectivity index (χ4v) is 1.92. The Balaban J connectivity index is 1.68. The van der Waals surface area contributed by atoms with Gasteiger partial charge in [-0.15, -0.1) is 0 Å². The predicted molar refractivity (Wildman–Crippen MR) is 71.4 cm³/mol. The number of rotatable bonds is 8. The first-order valence-corrected chi connectivity index (χ1v) is 6.71. The molecule has 1 N–H and O–H groups in total. The number of nitrogens with one attached hydrogen (secondary N) is 1. The first-order chi connectivity index (χ1) is 8.63. The number of nitrogens with zero attached hydrogens (tertiary/aromatic N) is 1. The molecule has 18 heavy (non-hydrogen) atoms. The van der Waals surface area contributed by atoms with Crippen molar-refractivity contribution in [2.45, 2.75) is 45.1 Å². The molecular weight excluding hydrogens is 228 g/mol. The summed E-state index contributed by atoms with van der Waals surface area (Å²) >= 11 is 0. The minimum atomic E-state index is 0.220. The minimum Gasteiger partial charge on any atom is -0.462 e. The number of furan rings is 1. The molecule has 1 heterocycles. The third-order valence-electron chi connectivity index (χ3n) is 2.99. The van der Waals surface area contributed by atoms with Crippen LogP contribution < -0.4 is 5.32 Å². The highest BCUT2D eigenvalue weighted by Gasteiger charge is 2.20. The molecule has 1 saturated carbocycles. The van der Waals surface area contributed by atoms with Crippen LogP contribution in [0.25, 0.3) is 0 Å². The molecule has 1 unspecified atom stereocenters. The van der Waals surface area contributed by atoms with Gasteiger partial charge in [-0.25, -0.2) is 0 Å². The van der Waals surface area contributed by atoms with Gasteiger partial charge in [0.2, 0.25) is 0 Å². The van der Waals surface area contributed by atoms with Crippen LogP contribution in [0.15, 0.2) is 16.5 Å². The van der Waals surface area contributed by atoms with Gasteiger partial charge in [0.1, 0.15) is 18.1 Å². The maximum Gasteiger partial charge on any atom is 0.129 e. The Hall–Kier alpha value is -0.840. The van der Waals surface area contributed by atoms with E-state index in [1.807, 2.05) is 12.1 Å². The summed E-state index contributed by atoms with van der Waals surface area (Å²) in [5.74, 6) is 1.91. The molecule has 0 bridgehead atoms. The van der Waals surface area contributed by atoms with E-state index in [9.17, 15) is 0 Å². The first kappa shape index (κ1) is 13.6. The standard InChI is InChI=1S/C14H24N2O2/c1-11(9-16(2)3)17-10-14-7-6-13(18-14)8-15-12-4-5-12/h6-7,11-12,15H,4-5,8-10H2,1-3H3. The van der Waals surface area contributed by atoms with Gasteiger partial charge >= 0.3 is 0 Å². The van der Waals surface area contributed by atoms with E-state index in [2.05, 4.69) is 31.2 Å². The summed E-state index contributed by atoms with van der Waals surface area (Å²) < 4.78 is 11.5. The average molecular weight is 252 g/mol. The average Bonchev–Trinajstić information content (AvgIpc) is 3.02. The smallest absolute Gasteiger partial charge is 0.129 e. The summed E-state index contributed by atoms with van der Waals surface area (Å²) in [4.78, 5) is 2.12. The Labute approximate surface area is 109 Å². The summed E-state index contributed by atoms with van der Waals surface area (Å²) in [6.07, 6.45) is 2.83. The molecule has 1 aromatic rings. The third-order valence-corrected chi connectivity index (χ3v) is 2.99. The highest BCUT2D eigenvalue weighted by Crippen LogP contribution is 2.19. The van der Waals surface area contributed by atoms with Gasteiger partial charge in [0.25, 0.3) is 0 Å². The molecule has 2 rings (SSSR count). The van der Waals surface area contributed by atoms with Crippen molar-refractivity contribution in [3.05, 3.63) is 23.7 Å². The lowest BCUT2D eigenvalue weighted by molar-refractivity contribution is 0.0271. The fourth-order valence-electron chi connectivity index (χ4n) is 1.92. The van der Waals surface area contributed by atoms with Gasteiger partial charge < -0.3 is 19.4 Å². The van der Waals surface area contributed by atoms with Crippen molar-refractivity contribution in [2.75, 3.05) is 20.6 Å². The monoisotopic (exact) mass is 252 g/mol.